The van der Waals surface area contributed by atoms with Crippen molar-refractivity contribution in [2.45, 2.75) is 69.2 Å². The summed E-state index contributed by atoms with van der Waals surface area (Å²) in [6.07, 6.45) is -1.95. The molecule has 8 heteroatoms. The number of alkyl halides is 3. The minimum Gasteiger partial charge on any atom is -0.489 e. The molecule has 34 heavy (non-hydrogen) atoms. The fourth-order valence-corrected chi connectivity index (χ4v) is 5.53. The van der Waals surface area contributed by atoms with E-state index < -0.39 is 23.8 Å². The van der Waals surface area contributed by atoms with Gasteiger partial charge in [-0.2, -0.15) is 13.2 Å². The highest BCUT2D eigenvalue weighted by atomic mass is 19.4. The van der Waals surface area contributed by atoms with E-state index >= 15 is 0 Å². The molecule has 2 unspecified atom stereocenters. The number of aromatic nitrogens is 1. The molecule has 3 atom stereocenters. The average molecular weight is 473 g/mol. The third kappa shape index (κ3) is 4.39. The van der Waals surface area contributed by atoms with Crippen LogP contribution in [0.5, 0.6) is 5.75 Å². The number of ether oxygens (including phenoxy) is 1. The van der Waals surface area contributed by atoms with E-state index in [1.54, 1.807) is 12.1 Å². The smallest absolute Gasteiger partial charge is 0.416 e. The molecule has 0 saturated heterocycles. The molecule has 0 aliphatic heterocycles. The molecule has 1 heterocycles. The van der Waals surface area contributed by atoms with Gasteiger partial charge in [-0.05, 0) is 79.0 Å². The van der Waals surface area contributed by atoms with E-state index in [9.17, 15) is 23.1 Å². The van der Waals surface area contributed by atoms with Crippen LogP contribution < -0.4 is 4.74 Å². The fraction of sp³-hybridized carbons (Fsp3) is 0.423. The molecule has 0 amide bonds. The number of aliphatic hydroxyl groups is 1. The first kappa shape index (κ1) is 22.8. The molecule has 1 fully saturated rings. The highest BCUT2D eigenvalue weighted by Gasteiger charge is 2.37. The van der Waals surface area contributed by atoms with E-state index in [1.165, 1.54) is 6.07 Å². The summed E-state index contributed by atoms with van der Waals surface area (Å²) in [6.45, 7) is -0.00356. The Hall–Kier alpha value is -3.00. The Morgan fingerprint density at radius 3 is 2.65 bits per heavy atom. The predicted octanol–water partition coefficient (Wildman–Crippen LogP) is 5.90. The average Bonchev–Trinajstić information content (AvgIpc) is 3.47. The van der Waals surface area contributed by atoms with Crippen molar-refractivity contribution in [3.63, 3.8) is 0 Å². The number of halogens is 3. The number of H-pyrrole nitrogens is 1. The van der Waals surface area contributed by atoms with Gasteiger partial charge in [-0.1, -0.05) is 12.1 Å². The molecule has 3 N–H and O–H groups in total. The van der Waals surface area contributed by atoms with E-state index in [0.717, 1.165) is 41.1 Å². The van der Waals surface area contributed by atoms with Crippen LogP contribution in [0.3, 0.4) is 0 Å². The molecule has 2 aliphatic carbocycles. The zero-order chi connectivity index (χ0) is 24.0. The number of aryl methyl sites for hydroxylation is 1. The summed E-state index contributed by atoms with van der Waals surface area (Å²) in [7, 11) is 0. The highest BCUT2D eigenvalue weighted by Crippen LogP contribution is 2.43. The lowest BCUT2D eigenvalue weighted by molar-refractivity contribution is -0.139. The van der Waals surface area contributed by atoms with Crippen molar-refractivity contribution < 1.29 is 32.9 Å². The standard InChI is InChI=1S/C26H26F3NO4/c27-26(28,29)22-9-14(1-6-19(22)15-2-4-17(31)10-15)13-34-18-5-8-23-21(12-18)20-7-3-16(11-24(32)33)25(20)30-23/h1,5-6,8-9,12,15-17,30-31H,2-4,7,10-11,13H2,(H,32,33)/t15?,16-,17?/m0/s1. The van der Waals surface area contributed by atoms with E-state index in [2.05, 4.69) is 4.98 Å². The topological polar surface area (TPSA) is 82.5 Å². The number of hydrogen-bond donors (Lipinski definition) is 3. The Kier molecular flexibility index (Phi) is 5.80. The first-order chi connectivity index (χ1) is 16.2. The summed E-state index contributed by atoms with van der Waals surface area (Å²) in [5.41, 5.74) is 2.96. The van der Waals surface area contributed by atoms with Crippen LogP contribution in [0.1, 0.15) is 71.9 Å². The van der Waals surface area contributed by atoms with Gasteiger partial charge in [0, 0.05) is 22.5 Å². The molecule has 5 rings (SSSR count). The van der Waals surface area contributed by atoms with E-state index in [-0.39, 0.29) is 30.4 Å². The number of nitrogens with one attached hydrogen (secondary N) is 1. The second-order valence-electron chi connectivity index (χ2n) is 9.43. The summed E-state index contributed by atoms with van der Waals surface area (Å²) >= 11 is 0. The van der Waals surface area contributed by atoms with Gasteiger partial charge in [0.2, 0.25) is 0 Å². The first-order valence-electron chi connectivity index (χ1n) is 11.6. The zero-order valence-electron chi connectivity index (χ0n) is 18.5. The molecule has 0 bridgehead atoms. The Labute approximate surface area is 194 Å². The SMILES string of the molecule is O=C(O)C[C@@H]1CCc2c1[nH]c1ccc(OCc3ccc(C4CCC(O)C4)c(C(F)(F)F)c3)cc21. The highest BCUT2D eigenvalue weighted by molar-refractivity contribution is 5.87. The maximum Gasteiger partial charge on any atom is 0.416 e. The molecule has 0 spiro atoms. The molecule has 2 aliphatic rings. The quantitative estimate of drug-likeness (QED) is 0.416. The second kappa shape index (κ2) is 8.65. The lowest BCUT2D eigenvalue weighted by atomic mass is 9.91. The Bertz CT molecular complexity index is 1230. The van der Waals surface area contributed by atoms with Gasteiger partial charge < -0.3 is 19.9 Å². The van der Waals surface area contributed by atoms with E-state index in [1.807, 2.05) is 12.1 Å². The molecule has 3 aromatic rings. The second-order valence-corrected chi connectivity index (χ2v) is 9.43. The first-order valence-corrected chi connectivity index (χ1v) is 11.6. The maximum absolute atomic E-state index is 13.8. The van der Waals surface area contributed by atoms with Crippen molar-refractivity contribution in [3.8, 4) is 5.75 Å². The van der Waals surface area contributed by atoms with Crippen LogP contribution in [0.2, 0.25) is 0 Å². The van der Waals surface area contributed by atoms with Gasteiger partial charge in [0.1, 0.15) is 12.4 Å². The lowest BCUT2D eigenvalue weighted by Gasteiger charge is -2.19. The molecule has 0 radical (unpaired) electrons. The third-order valence-electron chi connectivity index (χ3n) is 7.16. The minimum atomic E-state index is -4.48. The van der Waals surface area contributed by atoms with Crippen molar-refractivity contribution in [2.24, 2.45) is 0 Å². The maximum atomic E-state index is 13.8. The number of rotatable bonds is 6. The van der Waals surface area contributed by atoms with Crippen molar-refractivity contribution >= 4 is 16.9 Å². The number of fused-ring (bicyclic) bond motifs is 3. The summed E-state index contributed by atoms with van der Waals surface area (Å²) in [5, 5.41) is 19.9. The molecule has 1 aromatic heterocycles. The van der Waals surface area contributed by atoms with Crippen LogP contribution in [0, 0.1) is 0 Å². The van der Waals surface area contributed by atoms with Crippen molar-refractivity contribution in [1.82, 2.24) is 4.98 Å². The summed E-state index contributed by atoms with van der Waals surface area (Å²) in [5.74, 6) is -0.601. The van der Waals surface area contributed by atoms with Crippen LogP contribution in [-0.2, 0) is 24.0 Å². The van der Waals surface area contributed by atoms with Crippen LogP contribution in [0.25, 0.3) is 10.9 Å². The molecule has 2 aromatic carbocycles. The zero-order valence-corrected chi connectivity index (χ0v) is 18.5. The number of carboxylic acid groups (broad SMARTS) is 1. The number of carboxylic acids is 1. The van der Waals surface area contributed by atoms with Gasteiger partial charge >= 0.3 is 12.1 Å². The van der Waals surface area contributed by atoms with Crippen molar-refractivity contribution in [2.75, 3.05) is 0 Å². The number of aromatic amines is 1. The number of carbonyl (C=O) groups is 1. The summed E-state index contributed by atoms with van der Waals surface area (Å²) < 4.78 is 47.2. The van der Waals surface area contributed by atoms with Gasteiger partial charge in [0.25, 0.3) is 0 Å². The third-order valence-corrected chi connectivity index (χ3v) is 7.16. The van der Waals surface area contributed by atoms with Crippen molar-refractivity contribution in [1.29, 1.82) is 0 Å². The van der Waals surface area contributed by atoms with E-state index in [0.29, 0.717) is 30.6 Å². The monoisotopic (exact) mass is 473 g/mol. The Morgan fingerprint density at radius 2 is 1.94 bits per heavy atom. The number of hydrogen-bond acceptors (Lipinski definition) is 3. The molecular weight excluding hydrogens is 447 g/mol. The van der Waals surface area contributed by atoms with Gasteiger partial charge in [-0.3, -0.25) is 4.79 Å². The lowest BCUT2D eigenvalue weighted by Crippen LogP contribution is -2.13. The number of benzene rings is 2. The normalized spacial score (nSPS) is 22.3. The van der Waals surface area contributed by atoms with Crippen LogP contribution in [0.4, 0.5) is 13.2 Å². The largest absolute Gasteiger partial charge is 0.489 e. The number of aliphatic hydroxyl groups excluding tert-OH is 1. The Balaban J connectivity index is 1.35. The predicted molar refractivity (Wildman–Crippen MR) is 120 cm³/mol. The van der Waals surface area contributed by atoms with Crippen LogP contribution in [-0.4, -0.2) is 27.3 Å². The molecule has 180 valence electrons. The molecule has 5 nitrogen and oxygen atoms in total. The van der Waals surface area contributed by atoms with Gasteiger partial charge in [0.05, 0.1) is 18.1 Å². The summed E-state index contributed by atoms with van der Waals surface area (Å²) in [4.78, 5) is 14.5. The van der Waals surface area contributed by atoms with Crippen molar-refractivity contribution in [3.05, 3.63) is 64.3 Å². The van der Waals surface area contributed by atoms with E-state index in [4.69, 9.17) is 9.84 Å². The summed E-state index contributed by atoms with van der Waals surface area (Å²) in [6, 6.07) is 9.83. The molecule has 1 saturated carbocycles. The Morgan fingerprint density at radius 1 is 1.12 bits per heavy atom. The van der Waals surface area contributed by atoms with Gasteiger partial charge in [-0.15, -0.1) is 0 Å². The minimum absolute atomic E-state index is 0.00356. The fourth-order valence-electron chi connectivity index (χ4n) is 5.53. The van der Waals surface area contributed by atoms with Gasteiger partial charge in [0.15, 0.2) is 0 Å². The van der Waals surface area contributed by atoms with Gasteiger partial charge in [-0.25, -0.2) is 0 Å². The number of aliphatic carboxylic acids is 1. The van der Waals surface area contributed by atoms with Crippen LogP contribution >= 0.6 is 0 Å². The van der Waals surface area contributed by atoms with Crippen LogP contribution in [0.15, 0.2) is 36.4 Å². The molecular formula is C26H26F3NO4.